The Hall–Kier alpha value is -2.32. The molecule has 3 aromatic rings. The second-order valence-electron chi connectivity index (χ2n) is 6.51. The van der Waals surface area contributed by atoms with E-state index in [1.54, 1.807) is 19.4 Å². The Morgan fingerprint density at radius 3 is 2.81 bits per heavy atom. The van der Waals surface area contributed by atoms with Crippen LogP contribution >= 0.6 is 11.8 Å². The van der Waals surface area contributed by atoms with Gasteiger partial charge >= 0.3 is 0 Å². The molecule has 7 nitrogen and oxygen atoms in total. The van der Waals surface area contributed by atoms with Crippen LogP contribution in [0.2, 0.25) is 0 Å². The molecule has 0 saturated heterocycles. The van der Waals surface area contributed by atoms with Gasteiger partial charge in [-0.25, -0.2) is 0 Å². The maximum atomic E-state index is 12.8. The van der Waals surface area contributed by atoms with E-state index in [2.05, 4.69) is 21.7 Å². The molecule has 0 N–H and O–H groups in total. The predicted octanol–water partition coefficient (Wildman–Crippen LogP) is 3.68. The number of carbonyl (C=O) groups is 1. The Balaban J connectivity index is 1.73. The third kappa shape index (κ3) is 3.86. The Morgan fingerprint density at radius 1 is 1.37 bits per heavy atom. The number of thioether (sulfide) groups is 1. The average Bonchev–Trinajstić information content (AvgIpc) is 3.33. The molecule has 0 bridgehead atoms. The van der Waals surface area contributed by atoms with Crippen molar-refractivity contribution in [2.45, 2.75) is 32.0 Å². The monoisotopic (exact) mass is 388 g/mol. The summed E-state index contributed by atoms with van der Waals surface area (Å²) in [5.74, 6) is 1.67. The summed E-state index contributed by atoms with van der Waals surface area (Å²) in [5.41, 5.74) is 2.78. The maximum Gasteiger partial charge on any atom is 0.200 e. The highest BCUT2D eigenvalue weighted by molar-refractivity contribution is 7.99. The molecule has 0 aromatic carbocycles. The van der Waals surface area contributed by atoms with Gasteiger partial charge in [0, 0.05) is 31.1 Å². The van der Waals surface area contributed by atoms with E-state index in [0.29, 0.717) is 29.1 Å². The van der Waals surface area contributed by atoms with E-state index < -0.39 is 0 Å². The Kier molecular flexibility index (Phi) is 5.86. The molecule has 0 fully saturated rings. The van der Waals surface area contributed by atoms with Gasteiger partial charge in [0.2, 0.25) is 0 Å². The minimum absolute atomic E-state index is 0.0755. The molecule has 8 heteroatoms. The van der Waals surface area contributed by atoms with Crippen molar-refractivity contribution in [3.05, 3.63) is 41.4 Å². The molecule has 0 aliphatic heterocycles. The minimum Gasteiger partial charge on any atom is -0.461 e. The number of hydrogen-bond acceptors (Lipinski definition) is 6. The number of aromatic nitrogens is 4. The number of rotatable bonds is 8. The summed E-state index contributed by atoms with van der Waals surface area (Å²) in [6.07, 6.45) is 1.60. The number of nitrogens with zero attached hydrogens (tertiary/aromatic N) is 4. The fourth-order valence-corrected chi connectivity index (χ4v) is 4.12. The number of Topliss-reactive ketones (excluding diaryl/α,β-unsaturated/α-hetero) is 1. The average molecular weight is 388 g/mol. The number of hydrogen-bond donors (Lipinski definition) is 0. The lowest BCUT2D eigenvalue weighted by Gasteiger charge is -2.17. The van der Waals surface area contributed by atoms with Gasteiger partial charge in [-0.1, -0.05) is 11.8 Å². The first kappa shape index (κ1) is 19.4. The standard InChI is InChI=1S/C19H24N4O3S/c1-12-9-15(14(3)23(12)13(2)10-25-5)16(24)11-27-19-21-20-18(22(19)4)17-7-6-8-26-17/h6-9,13H,10-11H2,1-5H3. The smallest absolute Gasteiger partial charge is 0.200 e. The summed E-state index contributed by atoms with van der Waals surface area (Å²) in [4.78, 5) is 12.8. The Labute approximate surface area is 162 Å². The molecule has 1 atom stereocenters. The second-order valence-corrected chi connectivity index (χ2v) is 7.46. The molecule has 144 valence electrons. The second kappa shape index (κ2) is 8.14. The highest BCUT2D eigenvalue weighted by Crippen LogP contribution is 2.26. The van der Waals surface area contributed by atoms with Gasteiger partial charge < -0.3 is 18.3 Å². The summed E-state index contributed by atoms with van der Waals surface area (Å²) >= 11 is 1.37. The van der Waals surface area contributed by atoms with Gasteiger partial charge in [-0.05, 0) is 39.0 Å². The van der Waals surface area contributed by atoms with Gasteiger partial charge in [0.05, 0.1) is 24.7 Å². The first-order chi connectivity index (χ1) is 12.9. The van der Waals surface area contributed by atoms with Crippen molar-refractivity contribution in [1.29, 1.82) is 0 Å². The summed E-state index contributed by atoms with van der Waals surface area (Å²) < 4.78 is 14.6. The molecule has 0 saturated carbocycles. The number of ketones is 1. The fourth-order valence-electron chi connectivity index (χ4n) is 3.32. The summed E-state index contributed by atoms with van der Waals surface area (Å²) in [6.45, 7) is 6.69. The van der Waals surface area contributed by atoms with Gasteiger partial charge in [-0.3, -0.25) is 4.79 Å². The number of furan rings is 1. The zero-order valence-electron chi connectivity index (χ0n) is 16.2. The zero-order chi connectivity index (χ0) is 19.6. The summed E-state index contributed by atoms with van der Waals surface area (Å²) in [6, 6.07) is 5.77. The lowest BCUT2D eigenvalue weighted by atomic mass is 10.2. The highest BCUT2D eigenvalue weighted by Gasteiger charge is 2.20. The molecule has 3 rings (SSSR count). The van der Waals surface area contributed by atoms with Gasteiger partial charge in [0.1, 0.15) is 0 Å². The molecule has 0 amide bonds. The highest BCUT2D eigenvalue weighted by atomic mass is 32.2. The van der Waals surface area contributed by atoms with Crippen LogP contribution in [0.1, 0.15) is 34.7 Å². The first-order valence-electron chi connectivity index (χ1n) is 8.70. The van der Waals surface area contributed by atoms with Crippen LogP contribution in [-0.2, 0) is 11.8 Å². The SMILES string of the molecule is COCC(C)n1c(C)cc(C(=O)CSc2nnc(-c3ccco3)n2C)c1C. The quantitative estimate of drug-likeness (QED) is 0.433. The van der Waals surface area contributed by atoms with Crippen LogP contribution < -0.4 is 0 Å². The Morgan fingerprint density at radius 2 is 2.15 bits per heavy atom. The van der Waals surface area contributed by atoms with E-state index in [-0.39, 0.29) is 11.8 Å². The van der Waals surface area contributed by atoms with Crippen molar-refractivity contribution < 1.29 is 13.9 Å². The van der Waals surface area contributed by atoms with Crippen LogP contribution in [0, 0.1) is 13.8 Å². The Bertz CT molecular complexity index is 927. The molecule has 27 heavy (non-hydrogen) atoms. The molecule has 0 aliphatic carbocycles. The van der Waals surface area contributed by atoms with E-state index in [0.717, 1.165) is 17.0 Å². The minimum atomic E-state index is 0.0755. The largest absolute Gasteiger partial charge is 0.461 e. The van der Waals surface area contributed by atoms with Gasteiger partial charge in [-0.15, -0.1) is 10.2 Å². The molecular weight excluding hydrogens is 364 g/mol. The van der Waals surface area contributed by atoms with Crippen molar-refractivity contribution in [3.63, 3.8) is 0 Å². The van der Waals surface area contributed by atoms with Crippen LogP contribution in [0.4, 0.5) is 0 Å². The number of aryl methyl sites for hydroxylation is 1. The molecule has 0 aliphatic rings. The van der Waals surface area contributed by atoms with E-state index in [9.17, 15) is 4.79 Å². The third-order valence-corrected chi connectivity index (χ3v) is 5.56. The molecule has 0 spiro atoms. The van der Waals surface area contributed by atoms with Crippen molar-refractivity contribution in [1.82, 2.24) is 19.3 Å². The van der Waals surface area contributed by atoms with Crippen LogP contribution in [0.3, 0.4) is 0 Å². The van der Waals surface area contributed by atoms with E-state index in [4.69, 9.17) is 9.15 Å². The maximum absolute atomic E-state index is 12.8. The van der Waals surface area contributed by atoms with Gasteiger partial charge in [-0.2, -0.15) is 0 Å². The van der Waals surface area contributed by atoms with E-state index in [1.165, 1.54) is 11.8 Å². The number of ether oxygens (including phenoxy) is 1. The van der Waals surface area contributed by atoms with Gasteiger partial charge in [0.15, 0.2) is 22.5 Å². The van der Waals surface area contributed by atoms with Crippen molar-refractivity contribution in [3.8, 4) is 11.6 Å². The van der Waals surface area contributed by atoms with Crippen LogP contribution in [0.5, 0.6) is 0 Å². The molecule has 0 radical (unpaired) electrons. The summed E-state index contributed by atoms with van der Waals surface area (Å²) in [7, 11) is 3.55. The summed E-state index contributed by atoms with van der Waals surface area (Å²) in [5, 5.41) is 9.01. The van der Waals surface area contributed by atoms with Crippen LogP contribution in [0.25, 0.3) is 11.6 Å². The van der Waals surface area contributed by atoms with Crippen molar-refractivity contribution in [2.24, 2.45) is 7.05 Å². The number of carbonyl (C=O) groups excluding carboxylic acids is 1. The normalized spacial score (nSPS) is 12.5. The zero-order valence-corrected chi connectivity index (χ0v) is 17.0. The van der Waals surface area contributed by atoms with Gasteiger partial charge in [0.25, 0.3) is 0 Å². The lowest BCUT2D eigenvalue weighted by Crippen LogP contribution is -2.14. The van der Waals surface area contributed by atoms with Crippen LogP contribution in [-0.4, -0.2) is 44.6 Å². The van der Waals surface area contributed by atoms with Crippen LogP contribution in [0.15, 0.2) is 34.0 Å². The fraction of sp³-hybridized carbons (Fsp3) is 0.421. The molecular formula is C19H24N4O3S. The van der Waals surface area contributed by atoms with Crippen molar-refractivity contribution in [2.75, 3.05) is 19.5 Å². The van der Waals surface area contributed by atoms with Crippen molar-refractivity contribution >= 4 is 17.5 Å². The van der Waals surface area contributed by atoms with E-state index >= 15 is 0 Å². The first-order valence-corrected chi connectivity index (χ1v) is 9.69. The molecule has 3 aromatic heterocycles. The van der Waals surface area contributed by atoms with E-state index in [1.807, 2.05) is 37.6 Å². The predicted molar refractivity (Wildman–Crippen MR) is 104 cm³/mol. The lowest BCUT2D eigenvalue weighted by molar-refractivity contribution is 0.102. The molecule has 1 unspecified atom stereocenters. The molecule has 3 heterocycles. The third-order valence-electron chi connectivity index (χ3n) is 4.54. The number of methoxy groups -OCH3 is 1. The topological polar surface area (TPSA) is 75.1 Å².